The van der Waals surface area contributed by atoms with Gasteiger partial charge in [-0.05, 0) is 42.7 Å². The van der Waals surface area contributed by atoms with E-state index in [-0.39, 0.29) is 41.6 Å². The number of fused-ring (bicyclic) bond motifs is 1. The van der Waals surface area contributed by atoms with E-state index in [1.165, 1.54) is 12.1 Å². The molecule has 156 valence electrons. The molecule has 0 saturated heterocycles. The average Bonchev–Trinajstić information content (AvgIpc) is 2.67. The van der Waals surface area contributed by atoms with E-state index < -0.39 is 0 Å². The van der Waals surface area contributed by atoms with E-state index in [1.54, 1.807) is 6.07 Å². The van der Waals surface area contributed by atoms with Gasteiger partial charge in [0.15, 0.2) is 5.96 Å². The van der Waals surface area contributed by atoms with Crippen LogP contribution in [0.25, 0.3) is 0 Å². The Bertz CT molecular complexity index is 878. The Hall–Kier alpha value is -1.87. The molecule has 2 aromatic rings. The molecule has 1 aliphatic heterocycles. The van der Waals surface area contributed by atoms with E-state index in [1.807, 2.05) is 31.2 Å². The zero-order chi connectivity index (χ0) is 19.9. The molecule has 1 aliphatic rings. The number of nitrogens with one attached hydrogen (secondary N) is 3. The fraction of sp³-hybridized carbons (Fsp3) is 0.333. The van der Waals surface area contributed by atoms with Crippen LogP contribution in [0.4, 0.5) is 10.1 Å². The third-order valence-corrected chi connectivity index (χ3v) is 4.97. The van der Waals surface area contributed by atoms with Crippen molar-refractivity contribution in [1.29, 1.82) is 0 Å². The molecule has 5 nitrogen and oxygen atoms in total. The number of amides is 1. The maximum Gasteiger partial charge on any atom is 0.225 e. The summed E-state index contributed by atoms with van der Waals surface area (Å²) in [6, 6.07) is 12.3. The highest BCUT2D eigenvalue weighted by atomic mass is 127. The Morgan fingerprint density at radius 2 is 2.07 bits per heavy atom. The van der Waals surface area contributed by atoms with Crippen LogP contribution in [0.5, 0.6) is 0 Å². The normalized spacial score (nSPS) is 15.8. The highest BCUT2D eigenvalue weighted by Crippen LogP contribution is 2.31. The van der Waals surface area contributed by atoms with Crippen molar-refractivity contribution in [2.75, 3.05) is 25.0 Å². The van der Waals surface area contributed by atoms with Gasteiger partial charge in [-0.1, -0.05) is 35.9 Å². The molecule has 0 aliphatic carbocycles. The van der Waals surface area contributed by atoms with Crippen LogP contribution in [0.2, 0.25) is 5.02 Å². The van der Waals surface area contributed by atoms with Crippen molar-refractivity contribution in [3.8, 4) is 0 Å². The summed E-state index contributed by atoms with van der Waals surface area (Å²) < 4.78 is 13.2. The molecule has 0 fully saturated rings. The van der Waals surface area contributed by atoms with Crippen LogP contribution in [0.1, 0.15) is 30.4 Å². The lowest BCUT2D eigenvalue weighted by molar-refractivity contribution is -0.116. The summed E-state index contributed by atoms with van der Waals surface area (Å²) in [5.74, 6) is 0.410. The average molecular weight is 531 g/mol. The molecule has 3 N–H and O–H groups in total. The minimum atomic E-state index is -0.339. The predicted molar refractivity (Wildman–Crippen MR) is 127 cm³/mol. The third kappa shape index (κ3) is 6.57. The molecule has 3 rings (SSSR count). The number of anilines is 1. The summed E-state index contributed by atoms with van der Waals surface area (Å²) in [6.45, 7) is 3.85. The molecule has 8 heteroatoms. The monoisotopic (exact) mass is 530 g/mol. The first kappa shape index (κ1) is 23.4. The second-order valence-corrected chi connectivity index (χ2v) is 7.08. The van der Waals surface area contributed by atoms with Crippen molar-refractivity contribution in [3.63, 3.8) is 0 Å². The fourth-order valence-electron chi connectivity index (χ4n) is 3.25. The predicted octanol–water partition coefficient (Wildman–Crippen LogP) is 4.32. The lowest BCUT2D eigenvalue weighted by atomic mass is 9.91. The number of carbonyl (C=O) groups excluding carboxylic acids is 1. The number of benzene rings is 2. The van der Waals surface area contributed by atoms with Crippen LogP contribution in [0.15, 0.2) is 47.5 Å². The molecule has 29 heavy (non-hydrogen) atoms. The van der Waals surface area contributed by atoms with Crippen molar-refractivity contribution in [3.05, 3.63) is 64.4 Å². The molecule has 2 aromatic carbocycles. The van der Waals surface area contributed by atoms with Crippen molar-refractivity contribution >= 4 is 53.1 Å². The molecule has 0 radical (unpaired) electrons. The minimum absolute atomic E-state index is 0. The number of hydrogen-bond acceptors (Lipinski definition) is 2. The minimum Gasteiger partial charge on any atom is -0.357 e. The molecule has 1 unspecified atom stereocenters. The molecular formula is C21H25ClFIN4O. The van der Waals surface area contributed by atoms with Crippen molar-refractivity contribution in [2.24, 2.45) is 4.99 Å². The van der Waals surface area contributed by atoms with Crippen LogP contribution < -0.4 is 16.0 Å². The number of aliphatic imine (C=N–C) groups is 1. The second-order valence-electron chi connectivity index (χ2n) is 6.67. The van der Waals surface area contributed by atoms with Crippen LogP contribution in [-0.4, -0.2) is 31.5 Å². The number of carbonyl (C=O) groups is 1. The lowest BCUT2D eigenvalue weighted by Gasteiger charge is -2.24. The van der Waals surface area contributed by atoms with E-state index in [2.05, 4.69) is 20.9 Å². The SMILES string of the molecule is CCNC(=NCC1CC(=O)Nc2ccccc21)NCCc1ccc(F)cc1Cl.I. The standard InChI is InChI=1S/C21H24ClFN4O.HI/c1-2-24-21(25-10-9-14-7-8-16(23)12-18(14)22)26-13-15-11-20(28)27-19-6-4-3-5-17(15)19;/h3-8,12,15H,2,9-11,13H2,1H3,(H,27,28)(H2,24,25,26);1H. The Balaban J connectivity index is 0.00000300. The van der Waals surface area contributed by atoms with Gasteiger partial charge in [-0.15, -0.1) is 24.0 Å². The number of nitrogens with zero attached hydrogens (tertiary/aromatic N) is 1. The first-order valence-corrected chi connectivity index (χ1v) is 9.79. The highest BCUT2D eigenvalue weighted by Gasteiger charge is 2.24. The van der Waals surface area contributed by atoms with Gasteiger partial charge >= 0.3 is 0 Å². The molecule has 0 aromatic heterocycles. The molecule has 1 amide bonds. The van der Waals surface area contributed by atoms with Gasteiger partial charge in [0.2, 0.25) is 5.91 Å². The van der Waals surface area contributed by atoms with Crippen molar-refractivity contribution < 1.29 is 9.18 Å². The Morgan fingerprint density at radius 1 is 1.28 bits per heavy atom. The lowest BCUT2D eigenvalue weighted by Crippen LogP contribution is -2.39. The number of guanidine groups is 1. The largest absolute Gasteiger partial charge is 0.357 e. The Labute approximate surface area is 192 Å². The van der Waals surface area contributed by atoms with E-state index in [0.29, 0.717) is 36.9 Å². The van der Waals surface area contributed by atoms with Gasteiger partial charge in [-0.3, -0.25) is 9.79 Å². The fourth-order valence-corrected chi connectivity index (χ4v) is 3.51. The maximum atomic E-state index is 13.2. The van der Waals surface area contributed by atoms with Crippen molar-refractivity contribution in [1.82, 2.24) is 10.6 Å². The summed E-state index contributed by atoms with van der Waals surface area (Å²) >= 11 is 6.08. The van der Waals surface area contributed by atoms with Gasteiger partial charge in [-0.25, -0.2) is 4.39 Å². The first-order chi connectivity index (χ1) is 13.6. The van der Waals surface area contributed by atoms with Gasteiger partial charge in [0.1, 0.15) is 5.82 Å². The topological polar surface area (TPSA) is 65.5 Å². The molecule has 0 saturated carbocycles. The number of rotatable bonds is 6. The quantitative estimate of drug-likeness (QED) is 0.296. The zero-order valence-electron chi connectivity index (χ0n) is 16.2. The van der Waals surface area contributed by atoms with Gasteiger partial charge in [0.25, 0.3) is 0 Å². The third-order valence-electron chi connectivity index (χ3n) is 4.62. The van der Waals surface area contributed by atoms with E-state index in [0.717, 1.165) is 23.4 Å². The summed E-state index contributed by atoms with van der Waals surface area (Å²) in [6.07, 6.45) is 1.07. The first-order valence-electron chi connectivity index (χ1n) is 9.41. The Morgan fingerprint density at radius 3 is 2.83 bits per heavy atom. The van der Waals surface area contributed by atoms with Crippen molar-refractivity contribution in [2.45, 2.75) is 25.7 Å². The summed E-state index contributed by atoms with van der Waals surface area (Å²) in [5.41, 5.74) is 2.85. The summed E-state index contributed by atoms with van der Waals surface area (Å²) in [5, 5.41) is 9.82. The molecule has 0 spiro atoms. The summed E-state index contributed by atoms with van der Waals surface area (Å²) in [7, 11) is 0. The number of para-hydroxylation sites is 1. The molecule has 1 atom stereocenters. The van der Waals surface area contributed by atoms with E-state index >= 15 is 0 Å². The number of hydrogen-bond donors (Lipinski definition) is 3. The smallest absolute Gasteiger partial charge is 0.225 e. The molecular weight excluding hydrogens is 506 g/mol. The Kier molecular flexibility index (Phi) is 9.16. The van der Waals surface area contributed by atoms with E-state index in [9.17, 15) is 9.18 Å². The maximum absolute atomic E-state index is 13.2. The summed E-state index contributed by atoms with van der Waals surface area (Å²) in [4.78, 5) is 16.6. The number of halogens is 3. The van der Waals surface area contributed by atoms with Crippen LogP contribution in [-0.2, 0) is 11.2 Å². The van der Waals surface area contributed by atoms with Gasteiger partial charge < -0.3 is 16.0 Å². The van der Waals surface area contributed by atoms with Crippen LogP contribution in [0, 0.1) is 5.82 Å². The van der Waals surface area contributed by atoms with Crippen LogP contribution in [0.3, 0.4) is 0 Å². The zero-order valence-corrected chi connectivity index (χ0v) is 19.3. The van der Waals surface area contributed by atoms with Gasteiger partial charge in [-0.2, -0.15) is 0 Å². The van der Waals surface area contributed by atoms with E-state index in [4.69, 9.17) is 11.6 Å². The highest BCUT2D eigenvalue weighted by molar-refractivity contribution is 14.0. The molecule has 1 heterocycles. The van der Waals surface area contributed by atoms with Crippen LogP contribution >= 0.6 is 35.6 Å². The molecule has 0 bridgehead atoms. The van der Waals surface area contributed by atoms with Gasteiger partial charge in [0, 0.05) is 36.1 Å². The second kappa shape index (κ2) is 11.3. The van der Waals surface area contributed by atoms with Gasteiger partial charge in [0.05, 0.1) is 6.54 Å².